The molecule has 4 rings (SSSR count). The molecule has 20 heavy (non-hydrogen) atoms. The van der Waals surface area contributed by atoms with Gasteiger partial charge in [-0.25, -0.2) is 8.42 Å². The van der Waals surface area contributed by atoms with Crippen LogP contribution in [-0.2, 0) is 16.4 Å². The Hall–Kier alpha value is -1.11. The molecule has 0 amide bonds. The molecular formula is C14H17NO4S. The molecule has 1 saturated heterocycles. The summed E-state index contributed by atoms with van der Waals surface area (Å²) in [6, 6.07) is 5.02. The van der Waals surface area contributed by atoms with Gasteiger partial charge in [0.15, 0.2) is 0 Å². The van der Waals surface area contributed by atoms with E-state index in [-0.39, 0.29) is 13.1 Å². The lowest BCUT2D eigenvalue weighted by molar-refractivity contribution is -0.0764. The molecule has 6 heteroatoms. The van der Waals surface area contributed by atoms with Crippen molar-refractivity contribution in [1.82, 2.24) is 4.31 Å². The Bertz CT molecular complexity index is 660. The maximum Gasteiger partial charge on any atom is 0.243 e. The van der Waals surface area contributed by atoms with Gasteiger partial charge in [0, 0.05) is 19.5 Å². The van der Waals surface area contributed by atoms with Crippen molar-refractivity contribution >= 4 is 10.0 Å². The van der Waals surface area contributed by atoms with Crippen molar-refractivity contribution in [3.63, 3.8) is 0 Å². The lowest BCUT2D eigenvalue weighted by atomic mass is 9.91. The van der Waals surface area contributed by atoms with Crippen molar-refractivity contribution in [3.8, 4) is 5.75 Å². The number of hydrogen-bond acceptors (Lipinski definition) is 4. The van der Waals surface area contributed by atoms with Crippen LogP contribution in [0.3, 0.4) is 0 Å². The summed E-state index contributed by atoms with van der Waals surface area (Å²) in [5.41, 5.74) is 0.163. The molecule has 1 aliphatic carbocycles. The van der Waals surface area contributed by atoms with Gasteiger partial charge in [-0.05, 0) is 42.5 Å². The van der Waals surface area contributed by atoms with E-state index in [9.17, 15) is 13.5 Å². The van der Waals surface area contributed by atoms with E-state index >= 15 is 0 Å². The van der Waals surface area contributed by atoms with Crippen molar-refractivity contribution in [2.24, 2.45) is 5.92 Å². The van der Waals surface area contributed by atoms with Gasteiger partial charge >= 0.3 is 0 Å². The van der Waals surface area contributed by atoms with Crippen molar-refractivity contribution in [1.29, 1.82) is 0 Å². The molecule has 5 nitrogen and oxygen atoms in total. The predicted octanol–water partition coefficient (Wildman–Crippen LogP) is 0.767. The van der Waals surface area contributed by atoms with Crippen molar-refractivity contribution in [2.45, 2.75) is 29.8 Å². The van der Waals surface area contributed by atoms with Crippen molar-refractivity contribution < 1.29 is 18.3 Å². The number of rotatable bonds is 3. The van der Waals surface area contributed by atoms with Crippen LogP contribution in [0.1, 0.15) is 18.4 Å². The fourth-order valence-electron chi connectivity index (χ4n) is 3.09. The summed E-state index contributed by atoms with van der Waals surface area (Å²) in [4.78, 5) is 0.305. The second-order valence-corrected chi connectivity index (χ2v) is 7.96. The molecule has 3 aliphatic rings. The van der Waals surface area contributed by atoms with Crippen LogP contribution >= 0.6 is 0 Å². The minimum atomic E-state index is -3.48. The van der Waals surface area contributed by atoms with E-state index in [0.717, 1.165) is 30.6 Å². The van der Waals surface area contributed by atoms with Gasteiger partial charge < -0.3 is 9.84 Å². The monoisotopic (exact) mass is 295 g/mol. The Morgan fingerprint density at radius 2 is 2.05 bits per heavy atom. The van der Waals surface area contributed by atoms with Gasteiger partial charge in [0.05, 0.1) is 17.1 Å². The Balaban J connectivity index is 1.58. The molecule has 2 heterocycles. The molecule has 0 unspecified atom stereocenters. The van der Waals surface area contributed by atoms with Crippen LogP contribution < -0.4 is 4.74 Å². The number of nitrogens with zero attached hydrogens (tertiary/aromatic N) is 1. The summed E-state index contributed by atoms with van der Waals surface area (Å²) >= 11 is 0. The molecule has 1 N–H and O–H groups in total. The molecule has 0 atom stereocenters. The van der Waals surface area contributed by atoms with Crippen molar-refractivity contribution in [3.05, 3.63) is 23.8 Å². The first kappa shape index (κ1) is 12.6. The quantitative estimate of drug-likeness (QED) is 0.894. The zero-order valence-corrected chi connectivity index (χ0v) is 11.9. The van der Waals surface area contributed by atoms with Gasteiger partial charge in [0.1, 0.15) is 5.75 Å². The fourth-order valence-corrected chi connectivity index (χ4v) is 4.70. The van der Waals surface area contributed by atoms with Gasteiger partial charge in [-0.15, -0.1) is 0 Å². The highest BCUT2D eigenvalue weighted by Crippen LogP contribution is 2.46. The minimum absolute atomic E-state index is 0.230. The fraction of sp³-hybridized carbons (Fsp3) is 0.571. The van der Waals surface area contributed by atoms with E-state index < -0.39 is 15.6 Å². The van der Waals surface area contributed by atoms with Crippen LogP contribution in [0.15, 0.2) is 23.1 Å². The second-order valence-electron chi connectivity index (χ2n) is 6.02. The molecule has 0 spiro atoms. The lowest BCUT2D eigenvalue weighted by Crippen LogP contribution is -2.64. The number of benzene rings is 1. The lowest BCUT2D eigenvalue weighted by Gasteiger charge is -2.45. The third-order valence-electron chi connectivity index (χ3n) is 4.54. The van der Waals surface area contributed by atoms with Gasteiger partial charge in [-0.3, -0.25) is 0 Å². The zero-order valence-electron chi connectivity index (χ0n) is 11.1. The largest absolute Gasteiger partial charge is 0.493 e. The summed E-state index contributed by atoms with van der Waals surface area (Å²) in [6.45, 7) is 1.07. The highest BCUT2D eigenvalue weighted by molar-refractivity contribution is 7.89. The Labute approximate surface area is 118 Å². The van der Waals surface area contributed by atoms with Gasteiger partial charge in [0.2, 0.25) is 10.0 Å². The molecule has 1 saturated carbocycles. The summed E-state index contributed by atoms with van der Waals surface area (Å²) in [7, 11) is -3.48. The van der Waals surface area contributed by atoms with Crippen LogP contribution in [-0.4, -0.2) is 43.1 Å². The first-order valence-corrected chi connectivity index (χ1v) is 8.41. The van der Waals surface area contributed by atoms with E-state index in [1.165, 1.54) is 4.31 Å². The van der Waals surface area contributed by atoms with Crippen LogP contribution in [0.25, 0.3) is 0 Å². The highest BCUT2D eigenvalue weighted by atomic mass is 32.2. The molecule has 2 fully saturated rings. The standard InChI is InChI=1S/C14H17NO4S/c16-14(11-1-2-11)8-15(9-14)20(17,18)12-3-4-13-10(7-12)5-6-19-13/h3-4,7,11,16H,1-2,5-6,8-9H2. The van der Waals surface area contributed by atoms with Crippen molar-refractivity contribution in [2.75, 3.05) is 19.7 Å². The summed E-state index contributed by atoms with van der Waals surface area (Å²) in [5, 5.41) is 10.3. The summed E-state index contributed by atoms with van der Waals surface area (Å²) in [6.07, 6.45) is 2.78. The Kier molecular flexibility index (Phi) is 2.50. The zero-order chi connectivity index (χ0) is 14.0. The molecule has 2 aliphatic heterocycles. The first-order chi connectivity index (χ1) is 9.49. The minimum Gasteiger partial charge on any atom is -0.493 e. The third-order valence-corrected chi connectivity index (χ3v) is 6.32. The Morgan fingerprint density at radius 3 is 2.75 bits per heavy atom. The molecule has 1 aromatic rings. The number of hydrogen-bond donors (Lipinski definition) is 1. The number of fused-ring (bicyclic) bond motifs is 1. The van der Waals surface area contributed by atoms with Crippen LogP contribution in [0, 0.1) is 5.92 Å². The maximum absolute atomic E-state index is 12.5. The molecule has 1 aromatic carbocycles. The normalized spacial score (nSPS) is 24.9. The third kappa shape index (κ3) is 1.78. The predicted molar refractivity (Wildman–Crippen MR) is 72.1 cm³/mol. The number of aliphatic hydroxyl groups is 1. The number of β-amino-alcohol motifs (C(OH)–C–C–N with tert-alkyl or cyclic N) is 1. The van der Waals surface area contributed by atoms with E-state index in [4.69, 9.17) is 4.74 Å². The number of ether oxygens (including phenoxy) is 1. The van der Waals surface area contributed by atoms with Crippen LogP contribution in [0.2, 0.25) is 0 Å². The summed E-state index contributed by atoms with van der Waals surface area (Å²) in [5.74, 6) is 1.07. The average Bonchev–Trinajstić information content (AvgIpc) is 3.13. The van der Waals surface area contributed by atoms with Crippen LogP contribution in [0.5, 0.6) is 5.75 Å². The SMILES string of the molecule is O=S(=O)(c1ccc2c(c1)CCO2)N1CC(O)(C2CC2)C1. The van der Waals surface area contributed by atoms with E-state index in [2.05, 4.69) is 0 Å². The molecule has 0 bridgehead atoms. The molecule has 0 radical (unpaired) electrons. The molecule has 0 aromatic heterocycles. The van der Waals surface area contributed by atoms with E-state index in [0.29, 0.717) is 17.4 Å². The Morgan fingerprint density at radius 1 is 1.30 bits per heavy atom. The van der Waals surface area contributed by atoms with Gasteiger partial charge in [-0.2, -0.15) is 4.31 Å². The number of sulfonamides is 1. The maximum atomic E-state index is 12.5. The topological polar surface area (TPSA) is 66.8 Å². The van der Waals surface area contributed by atoms with Gasteiger partial charge in [0.25, 0.3) is 0 Å². The van der Waals surface area contributed by atoms with Gasteiger partial charge in [-0.1, -0.05) is 0 Å². The average molecular weight is 295 g/mol. The smallest absolute Gasteiger partial charge is 0.243 e. The molecular weight excluding hydrogens is 278 g/mol. The highest BCUT2D eigenvalue weighted by Gasteiger charge is 2.55. The van der Waals surface area contributed by atoms with E-state index in [1.807, 2.05) is 0 Å². The van der Waals surface area contributed by atoms with E-state index in [1.54, 1.807) is 18.2 Å². The molecule has 108 valence electrons. The second kappa shape index (κ2) is 3.96. The summed E-state index contributed by atoms with van der Waals surface area (Å²) < 4.78 is 31.8. The van der Waals surface area contributed by atoms with Crippen LogP contribution in [0.4, 0.5) is 0 Å². The first-order valence-electron chi connectivity index (χ1n) is 6.97.